The molecule has 0 saturated carbocycles. The summed E-state index contributed by atoms with van der Waals surface area (Å²) in [7, 11) is 0. The van der Waals surface area contributed by atoms with Gasteiger partial charge < -0.3 is 5.32 Å². The molecule has 0 fully saturated rings. The van der Waals surface area contributed by atoms with Gasteiger partial charge in [0.2, 0.25) is 0 Å². The fraction of sp³-hybridized carbons (Fsp3) is 0.235. The largest absolute Gasteiger partial charge is 0.367 e. The van der Waals surface area contributed by atoms with Gasteiger partial charge in [-0.05, 0) is 60.4 Å². The Morgan fingerprint density at radius 2 is 1.90 bits per heavy atom. The highest BCUT2D eigenvalue weighted by Crippen LogP contribution is 2.32. The first kappa shape index (κ1) is 14.1. The highest BCUT2D eigenvalue weighted by atomic mass is 79.9. The van der Waals surface area contributed by atoms with Crippen LogP contribution < -0.4 is 5.32 Å². The molecule has 0 amide bonds. The minimum Gasteiger partial charge on any atom is -0.367 e. The number of anilines is 1. The van der Waals surface area contributed by atoms with E-state index in [-0.39, 0.29) is 5.82 Å². The molecule has 0 aliphatic heterocycles. The molecule has 21 heavy (non-hydrogen) atoms. The quantitative estimate of drug-likeness (QED) is 0.873. The van der Waals surface area contributed by atoms with Crippen molar-refractivity contribution in [3.63, 3.8) is 0 Å². The molecule has 0 aromatic heterocycles. The summed E-state index contributed by atoms with van der Waals surface area (Å²) in [5.41, 5.74) is 2.63. The van der Waals surface area contributed by atoms with E-state index in [0.29, 0.717) is 6.42 Å². The molecule has 0 radical (unpaired) electrons. The monoisotopic (exact) mass is 344 g/mol. The molecule has 0 spiro atoms. The lowest BCUT2D eigenvalue weighted by molar-refractivity contribution is 0.506. The predicted octanol–water partition coefficient (Wildman–Crippen LogP) is 4.45. The maximum absolute atomic E-state index is 13.0. The van der Waals surface area contributed by atoms with Gasteiger partial charge >= 0.3 is 0 Å². The average molecular weight is 345 g/mol. The number of rotatable bonds is 2. The Kier molecular flexibility index (Phi) is 3.69. The van der Waals surface area contributed by atoms with E-state index in [9.17, 15) is 9.65 Å². The van der Waals surface area contributed by atoms with E-state index in [0.717, 1.165) is 23.0 Å². The topological polar surface area (TPSA) is 35.8 Å². The van der Waals surface area contributed by atoms with E-state index in [4.69, 9.17) is 0 Å². The summed E-state index contributed by atoms with van der Waals surface area (Å²) >= 11 is 3.48. The van der Waals surface area contributed by atoms with Crippen LogP contribution in [0, 0.1) is 17.1 Å². The van der Waals surface area contributed by atoms with Crippen molar-refractivity contribution in [3.05, 3.63) is 63.9 Å². The van der Waals surface area contributed by atoms with Crippen molar-refractivity contribution in [1.29, 1.82) is 5.26 Å². The number of nitrogens with zero attached hydrogens (tertiary/aromatic N) is 1. The second kappa shape index (κ2) is 5.50. The number of hydrogen-bond acceptors (Lipinski definition) is 2. The fourth-order valence-corrected chi connectivity index (χ4v) is 3.21. The van der Waals surface area contributed by atoms with Crippen molar-refractivity contribution in [2.75, 3.05) is 5.32 Å². The number of halogens is 2. The zero-order valence-electron chi connectivity index (χ0n) is 11.4. The molecule has 0 bridgehead atoms. The van der Waals surface area contributed by atoms with Crippen molar-refractivity contribution in [3.8, 4) is 6.07 Å². The molecular weight excluding hydrogens is 331 g/mol. The first-order valence-corrected chi connectivity index (χ1v) is 7.62. The molecule has 1 aliphatic rings. The molecular formula is C17H14BrFN2. The Bertz CT molecular complexity index is 706. The summed E-state index contributed by atoms with van der Waals surface area (Å²) in [6.45, 7) is 0. The fourth-order valence-electron chi connectivity index (χ4n) is 2.80. The van der Waals surface area contributed by atoms with Gasteiger partial charge in [-0.15, -0.1) is 0 Å². The molecule has 2 aromatic carbocycles. The SMILES string of the molecule is N#CC1(Nc2ccc(F)cc2)CCc2cc(Br)ccc2C1. The zero-order chi connectivity index (χ0) is 14.9. The van der Waals surface area contributed by atoms with Crippen LogP contribution in [-0.2, 0) is 12.8 Å². The first-order valence-electron chi connectivity index (χ1n) is 6.83. The van der Waals surface area contributed by atoms with Gasteiger partial charge in [-0.3, -0.25) is 0 Å². The smallest absolute Gasteiger partial charge is 0.129 e. The van der Waals surface area contributed by atoms with Crippen molar-refractivity contribution in [2.45, 2.75) is 24.8 Å². The zero-order valence-corrected chi connectivity index (χ0v) is 13.0. The number of benzene rings is 2. The van der Waals surface area contributed by atoms with Crippen LogP contribution in [0.25, 0.3) is 0 Å². The van der Waals surface area contributed by atoms with Crippen LogP contribution in [0.4, 0.5) is 10.1 Å². The van der Waals surface area contributed by atoms with Crippen LogP contribution >= 0.6 is 15.9 Å². The van der Waals surface area contributed by atoms with Crippen LogP contribution in [-0.4, -0.2) is 5.54 Å². The third-order valence-corrected chi connectivity index (χ3v) is 4.42. The lowest BCUT2D eigenvalue weighted by Gasteiger charge is -2.34. The summed E-state index contributed by atoms with van der Waals surface area (Å²) in [5.74, 6) is -0.273. The number of hydrogen-bond donors (Lipinski definition) is 1. The maximum Gasteiger partial charge on any atom is 0.129 e. The first-order chi connectivity index (χ1) is 10.1. The minimum absolute atomic E-state index is 0.273. The molecule has 1 unspecified atom stereocenters. The van der Waals surface area contributed by atoms with Crippen molar-refractivity contribution in [2.24, 2.45) is 0 Å². The van der Waals surface area contributed by atoms with Gasteiger partial charge in [0.1, 0.15) is 11.4 Å². The normalized spacial score (nSPS) is 20.4. The highest BCUT2D eigenvalue weighted by molar-refractivity contribution is 9.10. The highest BCUT2D eigenvalue weighted by Gasteiger charge is 2.34. The standard InChI is InChI=1S/C17H14BrFN2/c18-14-2-1-13-10-17(11-20,8-7-12(13)9-14)21-16-5-3-15(19)4-6-16/h1-6,9,21H,7-8,10H2. The van der Waals surface area contributed by atoms with E-state index in [2.05, 4.69) is 39.4 Å². The van der Waals surface area contributed by atoms with Crippen LogP contribution in [0.1, 0.15) is 17.5 Å². The second-order valence-corrected chi connectivity index (χ2v) is 6.33. The van der Waals surface area contributed by atoms with Crippen molar-refractivity contribution < 1.29 is 4.39 Å². The molecule has 1 N–H and O–H groups in total. The maximum atomic E-state index is 13.0. The Hall–Kier alpha value is -1.86. The Balaban J connectivity index is 1.87. The summed E-state index contributed by atoms with van der Waals surface area (Å²) in [5, 5.41) is 12.9. The molecule has 3 rings (SSSR count). The molecule has 106 valence electrons. The summed E-state index contributed by atoms with van der Waals surface area (Å²) in [6, 6.07) is 14.8. The van der Waals surface area contributed by atoms with Gasteiger partial charge in [0.15, 0.2) is 0 Å². The van der Waals surface area contributed by atoms with Gasteiger partial charge in [-0.2, -0.15) is 5.26 Å². The molecule has 1 atom stereocenters. The van der Waals surface area contributed by atoms with Crippen LogP contribution in [0.3, 0.4) is 0 Å². The van der Waals surface area contributed by atoms with Gasteiger partial charge in [-0.25, -0.2) is 4.39 Å². The Morgan fingerprint density at radius 3 is 2.62 bits per heavy atom. The molecule has 0 saturated heterocycles. The lowest BCUT2D eigenvalue weighted by Crippen LogP contribution is -2.42. The Labute approximate surface area is 131 Å². The van der Waals surface area contributed by atoms with Crippen LogP contribution in [0.5, 0.6) is 0 Å². The van der Waals surface area contributed by atoms with Crippen LogP contribution in [0.2, 0.25) is 0 Å². The molecule has 0 heterocycles. The average Bonchev–Trinajstić information content (AvgIpc) is 2.50. The molecule has 1 aliphatic carbocycles. The van der Waals surface area contributed by atoms with E-state index in [1.165, 1.54) is 23.3 Å². The predicted molar refractivity (Wildman–Crippen MR) is 84.5 cm³/mol. The molecule has 2 nitrogen and oxygen atoms in total. The Morgan fingerprint density at radius 1 is 1.14 bits per heavy atom. The van der Waals surface area contributed by atoms with Crippen molar-refractivity contribution >= 4 is 21.6 Å². The van der Waals surface area contributed by atoms with Crippen molar-refractivity contribution in [1.82, 2.24) is 0 Å². The third-order valence-electron chi connectivity index (χ3n) is 3.92. The number of nitriles is 1. The van der Waals surface area contributed by atoms with Gasteiger partial charge in [0, 0.05) is 16.6 Å². The van der Waals surface area contributed by atoms with E-state index < -0.39 is 5.54 Å². The lowest BCUT2D eigenvalue weighted by atomic mass is 9.78. The number of nitrogens with one attached hydrogen (secondary N) is 1. The van der Waals surface area contributed by atoms with Crippen LogP contribution in [0.15, 0.2) is 46.9 Å². The van der Waals surface area contributed by atoms with Gasteiger partial charge in [0.05, 0.1) is 6.07 Å². The van der Waals surface area contributed by atoms with E-state index in [1.807, 2.05) is 6.07 Å². The van der Waals surface area contributed by atoms with E-state index >= 15 is 0 Å². The van der Waals surface area contributed by atoms with E-state index in [1.54, 1.807) is 12.1 Å². The summed E-state index contributed by atoms with van der Waals surface area (Å²) in [6.07, 6.45) is 2.25. The third kappa shape index (κ3) is 2.93. The molecule has 4 heteroatoms. The van der Waals surface area contributed by atoms with Gasteiger partial charge in [-0.1, -0.05) is 22.0 Å². The number of aryl methyl sites for hydroxylation is 1. The minimum atomic E-state index is -0.626. The summed E-state index contributed by atoms with van der Waals surface area (Å²) < 4.78 is 14.0. The molecule has 2 aromatic rings. The second-order valence-electron chi connectivity index (χ2n) is 5.42. The summed E-state index contributed by atoms with van der Waals surface area (Å²) in [4.78, 5) is 0. The number of fused-ring (bicyclic) bond motifs is 1. The van der Waals surface area contributed by atoms with Gasteiger partial charge in [0.25, 0.3) is 0 Å².